The van der Waals surface area contributed by atoms with Crippen LogP contribution in [0.3, 0.4) is 0 Å². The average molecular weight is 385 g/mol. The first-order valence-electron chi connectivity index (χ1n) is 9.27. The summed E-state index contributed by atoms with van der Waals surface area (Å²) in [5, 5.41) is 2.74. The Hall–Kier alpha value is -3.02. The normalized spacial score (nSPS) is 10.4. The molecule has 6 heteroatoms. The molecule has 0 saturated carbocycles. The highest BCUT2D eigenvalue weighted by Gasteiger charge is 2.11. The molecular weight excluding hydrogens is 358 g/mol. The van der Waals surface area contributed by atoms with Gasteiger partial charge in [-0.1, -0.05) is 32.0 Å². The molecule has 28 heavy (non-hydrogen) atoms. The van der Waals surface area contributed by atoms with E-state index >= 15 is 0 Å². The third-order valence-corrected chi connectivity index (χ3v) is 3.88. The van der Waals surface area contributed by atoms with Crippen molar-refractivity contribution in [2.24, 2.45) is 5.92 Å². The molecule has 2 aromatic rings. The summed E-state index contributed by atoms with van der Waals surface area (Å²) in [4.78, 5) is 24.0. The molecule has 0 radical (unpaired) electrons. The second kappa shape index (κ2) is 11.0. The summed E-state index contributed by atoms with van der Waals surface area (Å²) in [6.45, 7) is 4.80. The summed E-state index contributed by atoms with van der Waals surface area (Å²) in [6.07, 6.45) is 0.679. The number of esters is 1. The van der Waals surface area contributed by atoms with Crippen LogP contribution >= 0.6 is 0 Å². The Bertz CT molecular complexity index is 771. The van der Waals surface area contributed by atoms with Crippen molar-refractivity contribution in [3.05, 3.63) is 59.7 Å². The maximum atomic E-state index is 12.1. The van der Waals surface area contributed by atoms with Crippen LogP contribution in [-0.4, -0.2) is 38.7 Å². The van der Waals surface area contributed by atoms with Crippen LogP contribution in [0.5, 0.6) is 11.5 Å². The van der Waals surface area contributed by atoms with Gasteiger partial charge >= 0.3 is 5.97 Å². The molecule has 0 aliphatic heterocycles. The number of hydrogen-bond acceptors (Lipinski definition) is 5. The van der Waals surface area contributed by atoms with Gasteiger partial charge in [0.1, 0.15) is 11.5 Å². The Labute approximate surface area is 165 Å². The van der Waals surface area contributed by atoms with Gasteiger partial charge in [0, 0.05) is 6.54 Å². The molecule has 2 aromatic carbocycles. The zero-order valence-corrected chi connectivity index (χ0v) is 16.6. The predicted octanol–water partition coefficient (Wildman–Crippen LogP) is 3.25. The summed E-state index contributed by atoms with van der Waals surface area (Å²) in [6, 6.07) is 14.4. The van der Waals surface area contributed by atoms with Crippen LogP contribution in [-0.2, 0) is 16.0 Å². The molecule has 0 atom stereocenters. The van der Waals surface area contributed by atoms with Gasteiger partial charge in [-0.05, 0) is 48.2 Å². The van der Waals surface area contributed by atoms with E-state index in [9.17, 15) is 9.59 Å². The number of hydrogen-bond donors (Lipinski definition) is 1. The van der Waals surface area contributed by atoms with Crippen LogP contribution in [0.25, 0.3) is 0 Å². The first-order valence-corrected chi connectivity index (χ1v) is 9.27. The maximum Gasteiger partial charge on any atom is 0.338 e. The molecule has 2 rings (SSSR count). The standard InChI is InChI=1S/C22H27NO5/c1-16(2)14-27-20-6-4-5-18(13-20)22(25)28-15-21(24)23-12-11-17-7-9-19(26-3)10-8-17/h4-10,13,16H,11-12,14-15H2,1-3H3,(H,23,24). The van der Waals surface area contributed by atoms with Crippen molar-refractivity contribution in [3.63, 3.8) is 0 Å². The molecule has 1 N–H and O–H groups in total. The van der Waals surface area contributed by atoms with Crippen LogP contribution in [0.4, 0.5) is 0 Å². The van der Waals surface area contributed by atoms with Crippen LogP contribution in [0.2, 0.25) is 0 Å². The average Bonchev–Trinajstić information content (AvgIpc) is 2.71. The number of ether oxygens (including phenoxy) is 3. The lowest BCUT2D eigenvalue weighted by molar-refractivity contribution is -0.124. The van der Waals surface area contributed by atoms with Gasteiger partial charge in [-0.25, -0.2) is 4.79 Å². The molecule has 0 aliphatic rings. The number of carbonyl (C=O) groups is 2. The minimum Gasteiger partial charge on any atom is -0.497 e. The topological polar surface area (TPSA) is 73.9 Å². The Morgan fingerprint density at radius 2 is 1.79 bits per heavy atom. The lowest BCUT2D eigenvalue weighted by atomic mass is 10.1. The second-order valence-electron chi connectivity index (χ2n) is 6.76. The second-order valence-corrected chi connectivity index (χ2v) is 6.76. The van der Waals surface area contributed by atoms with E-state index in [-0.39, 0.29) is 12.5 Å². The summed E-state index contributed by atoms with van der Waals surface area (Å²) in [7, 11) is 1.62. The highest BCUT2D eigenvalue weighted by Crippen LogP contribution is 2.15. The van der Waals surface area contributed by atoms with Crippen molar-refractivity contribution in [3.8, 4) is 11.5 Å². The van der Waals surface area contributed by atoms with Gasteiger partial charge in [-0.15, -0.1) is 0 Å². The van der Waals surface area contributed by atoms with Gasteiger partial charge < -0.3 is 19.5 Å². The van der Waals surface area contributed by atoms with E-state index in [4.69, 9.17) is 14.2 Å². The van der Waals surface area contributed by atoms with Gasteiger partial charge in [0.2, 0.25) is 0 Å². The number of amides is 1. The monoisotopic (exact) mass is 385 g/mol. The van der Waals surface area contributed by atoms with Crippen LogP contribution in [0.1, 0.15) is 29.8 Å². The Balaban J connectivity index is 1.72. The zero-order chi connectivity index (χ0) is 20.4. The van der Waals surface area contributed by atoms with Crippen LogP contribution in [0.15, 0.2) is 48.5 Å². The predicted molar refractivity (Wildman–Crippen MR) is 107 cm³/mol. The highest BCUT2D eigenvalue weighted by molar-refractivity contribution is 5.91. The molecular formula is C22H27NO5. The molecule has 0 aromatic heterocycles. The van der Waals surface area contributed by atoms with Gasteiger partial charge in [0.15, 0.2) is 6.61 Å². The smallest absolute Gasteiger partial charge is 0.338 e. The van der Waals surface area contributed by atoms with Crippen LogP contribution in [0, 0.1) is 5.92 Å². The van der Waals surface area contributed by atoms with E-state index in [0.29, 0.717) is 36.8 Å². The first kappa shape index (κ1) is 21.3. The van der Waals surface area contributed by atoms with Gasteiger partial charge in [-0.3, -0.25) is 4.79 Å². The van der Waals surface area contributed by atoms with Crippen molar-refractivity contribution in [1.29, 1.82) is 0 Å². The number of benzene rings is 2. The van der Waals surface area contributed by atoms with E-state index < -0.39 is 5.97 Å². The SMILES string of the molecule is COc1ccc(CCNC(=O)COC(=O)c2cccc(OCC(C)C)c2)cc1. The maximum absolute atomic E-state index is 12.1. The third-order valence-electron chi connectivity index (χ3n) is 3.88. The molecule has 0 fully saturated rings. The van der Waals surface area contributed by atoms with E-state index in [2.05, 4.69) is 5.32 Å². The molecule has 0 heterocycles. The molecule has 0 spiro atoms. The minimum atomic E-state index is -0.555. The fourth-order valence-corrected chi connectivity index (χ4v) is 2.38. The summed E-state index contributed by atoms with van der Waals surface area (Å²) in [5.41, 5.74) is 1.43. The number of methoxy groups -OCH3 is 1. The Kier molecular flexibility index (Phi) is 8.34. The molecule has 150 valence electrons. The van der Waals surface area contributed by atoms with Crippen LogP contribution < -0.4 is 14.8 Å². The fourth-order valence-electron chi connectivity index (χ4n) is 2.38. The lowest BCUT2D eigenvalue weighted by Gasteiger charge is -2.10. The minimum absolute atomic E-state index is 0.321. The van der Waals surface area contributed by atoms with Gasteiger partial charge in [0.25, 0.3) is 5.91 Å². The van der Waals surface area contributed by atoms with E-state index in [1.807, 2.05) is 38.1 Å². The summed E-state index contributed by atoms with van der Waals surface area (Å²) in [5.74, 6) is 0.886. The van der Waals surface area contributed by atoms with E-state index in [1.54, 1.807) is 31.4 Å². The molecule has 0 bridgehead atoms. The third kappa shape index (κ3) is 7.31. The molecule has 1 amide bonds. The van der Waals surface area contributed by atoms with Crippen molar-refractivity contribution < 1.29 is 23.8 Å². The fraction of sp³-hybridized carbons (Fsp3) is 0.364. The van der Waals surface area contributed by atoms with Crippen molar-refractivity contribution in [2.75, 3.05) is 26.9 Å². The number of carbonyl (C=O) groups excluding carboxylic acids is 2. The van der Waals surface area contributed by atoms with Gasteiger partial charge in [-0.2, -0.15) is 0 Å². The Morgan fingerprint density at radius 3 is 2.46 bits per heavy atom. The summed E-state index contributed by atoms with van der Waals surface area (Å²) >= 11 is 0. The van der Waals surface area contributed by atoms with Crippen molar-refractivity contribution in [2.45, 2.75) is 20.3 Å². The van der Waals surface area contributed by atoms with Crippen molar-refractivity contribution >= 4 is 11.9 Å². The highest BCUT2D eigenvalue weighted by atomic mass is 16.5. The molecule has 6 nitrogen and oxygen atoms in total. The zero-order valence-electron chi connectivity index (χ0n) is 16.6. The molecule has 0 saturated heterocycles. The number of rotatable bonds is 10. The first-order chi connectivity index (χ1) is 13.5. The lowest BCUT2D eigenvalue weighted by Crippen LogP contribution is -2.30. The van der Waals surface area contributed by atoms with Crippen molar-refractivity contribution in [1.82, 2.24) is 5.32 Å². The van der Waals surface area contributed by atoms with E-state index in [0.717, 1.165) is 11.3 Å². The molecule has 0 aliphatic carbocycles. The van der Waals surface area contributed by atoms with E-state index in [1.165, 1.54) is 0 Å². The summed E-state index contributed by atoms with van der Waals surface area (Å²) < 4.78 is 15.8. The number of nitrogens with one attached hydrogen (secondary N) is 1. The van der Waals surface area contributed by atoms with Gasteiger partial charge in [0.05, 0.1) is 19.3 Å². The largest absolute Gasteiger partial charge is 0.497 e. The quantitative estimate of drug-likeness (QED) is 0.636. The molecule has 0 unspecified atom stereocenters. The Morgan fingerprint density at radius 1 is 1.04 bits per heavy atom.